The Labute approximate surface area is 177 Å². The Morgan fingerprint density at radius 2 is 1.04 bits per heavy atom. The number of halogens is 4. The van der Waals surface area contributed by atoms with E-state index in [2.05, 4.69) is 49.0 Å². The molecule has 1 heterocycles. The first kappa shape index (κ1) is 22.7. The molecule has 2 aromatic rings. The van der Waals surface area contributed by atoms with Crippen molar-refractivity contribution < 1.29 is 8.78 Å². The molecule has 0 aliphatic heterocycles. The zero-order valence-electron chi connectivity index (χ0n) is 16.0. The van der Waals surface area contributed by atoms with Crippen molar-refractivity contribution in [2.45, 2.75) is 90.5 Å². The lowest BCUT2D eigenvalue weighted by Gasteiger charge is -2.03. The second-order valence-corrected chi connectivity index (χ2v) is 8.72. The number of hydrogen-bond donors (Lipinski definition) is 0. The molecule has 0 fully saturated rings. The highest BCUT2D eigenvalue weighted by molar-refractivity contribution is 9.11. The van der Waals surface area contributed by atoms with Crippen LogP contribution in [-0.4, -0.2) is 15.0 Å². The van der Waals surface area contributed by atoms with Crippen molar-refractivity contribution in [2.24, 2.45) is 0 Å². The number of nitrogens with zero attached hydrogens (tertiary/aromatic N) is 3. The fourth-order valence-corrected chi connectivity index (χ4v) is 4.12. The van der Waals surface area contributed by atoms with Gasteiger partial charge < -0.3 is 0 Å². The van der Waals surface area contributed by atoms with Crippen molar-refractivity contribution in [2.75, 3.05) is 0 Å². The van der Waals surface area contributed by atoms with Gasteiger partial charge in [0.1, 0.15) is 11.0 Å². The van der Waals surface area contributed by atoms with E-state index < -0.39 is 11.6 Å². The summed E-state index contributed by atoms with van der Waals surface area (Å²) >= 11 is 6.14. The molecule has 0 aliphatic rings. The highest BCUT2D eigenvalue weighted by atomic mass is 79.9. The standard InChI is InChI=1S/C20H29Br2F2N3/c1-2-3-4-5-6-7-8-9-10-11-12-13-14-27-25-19-15(21)17(23)18(24)16(22)20(19)26-27/h2-14H2,1H3. The summed E-state index contributed by atoms with van der Waals surface area (Å²) in [4.78, 5) is 1.54. The number of fused-ring (bicyclic) bond motifs is 1. The van der Waals surface area contributed by atoms with E-state index in [1.165, 1.54) is 69.0 Å². The number of benzene rings is 1. The molecular formula is C20H29Br2F2N3. The van der Waals surface area contributed by atoms with E-state index in [1.807, 2.05) is 0 Å². The quantitative estimate of drug-likeness (QED) is 0.156. The Morgan fingerprint density at radius 3 is 1.44 bits per heavy atom. The predicted molar refractivity (Wildman–Crippen MR) is 114 cm³/mol. The third-order valence-electron chi connectivity index (χ3n) is 4.86. The van der Waals surface area contributed by atoms with Gasteiger partial charge in [0.2, 0.25) is 0 Å². The van der Waals surface area contributed by atoms with Crippen LogP contribution in [-0.2, 0) is 6.54 Å². The van der Waals surface area contributed by atoms with Crippen LogP contribution in [0.3, 0.4) is 0 Å². The molecule has 0 atom stereocenters. The molecule has 152 valence electrons. The van der Waals surface area contributed by atoms with E-state index in [9.17, 15) is 8.78 Å². The van der Waals surface area contributed by atoms with Gasteiger partial charge in [-0.05, 0) is 38.3 Å². The molecule has 1 aromatic heterocycles. The Morgan fingerprint density at radius 1 is 0.667 bits per heavy atom. The molecule has 0 amide bonds. The monoisotopic (exact) mass is 507 g/mol. The Kier molecular flexibility index (Phi) is 10.2. The summed E-state index contributed by atoms with van der Waals surface area (Å²) < 4.78 is 27.6. The molecule has 3 nitrogen and oxygen atoms in total. The van der Waals surface area contributed by atoms with Crippen LogP contribution < -0.4 is 0 Å². The maximum Gasteiger partial charge on any atom is 0.176 e. The van der Waals surface area contributed by atoms with Crippen molar-refractivity contribution in [1.29, 1.82) is 0 Å². The van der Waals surface area contributed by atoms with E-state index in [4.69, 9.17) is 0 Å². The molecule has 0 saturated heterocycles. The van der Waals surface area contributed by atoms with Gasteiger partial charge in [0.05, 0.1) is 15.5 Å². The third-order valence-corrected chi connectivity index (χ3v) is 6.31. The van der Waals surface area contributed by atoms with Gasteiger partial charge in [0.25, 0.3) is 0 Å². The first-order chi connectivity index (χ1) is 13.1. The predicted octanol–water partition coefficient (Wildman–Crippen LogP) is 7.94. The largest absolute Gasteiger partial charge is 0.202 e. The van der Waals surface area contributed by atoms with E-state index in [0.717, 1.165) is 12.8 Å². The van der Waals surface area contributed by atoms with Gasteiger partial charge in [-0.1, -0.05) is 77.6 Å². The molecule has 1 aromatic carbocycles. The smallest absolute Gasteiger partial charge is 0.176 e. The Hall–Kier alpha value is -0.560. The minimum Gasteiger partial charge on any atom is -0.202 e. The lowest BCUT2D eigenvalue weighted by atomic mass is 10.1. The lowest BCUT2D eigenvalue weighted by molar-refractivity contribution is 0.482. The second-order valence-electron chi connectivity index (χ2n) is 7.14. The van der Waals surface area contributed by atoms with Gasteiger partial charge in [0.15, 0.2) is 11.6 Å². The van der Waals surface area contributed by atoms with Gasteiger partial charge >= 0.3 is 0 Å². The fraction of sp³-hybridized carbons (Fsp3) is 0.700. The van der Waals surface area contributed by atoms with Crippen LogP contribution in [0.5, 0.6) is 0 Å². The zero-order valence-corrected chi connectivity index (χ0v) is 19.2. The van der Waals surface area contributed by atoms with Crippen LogP contribution >= 0.6 is 31.9 Å². The van der Waals surface area contributed by atoms with Crippen molar-refractivity contribution in [3.05, 3.63) is 20.6 Å². The molecule has 0 radical (unpaired) electrons. The lowest BCUT2D eigenvalue weighted by Crippen LogP contribution is -2.02. The van der Waals surface area contributed by atoms with Crippen molar-refractivity contribution >= 4 is 42.9 Å². The summed E-state index contributed by atoms with van der Waals surface area (Å²) in [6, 6.07) is 0. The summed E-state index contributed by atoms with van der Waals surface area (Å²) in [5.74, 6) is -1.88. The van der Waals surface area contributed by atoms with E-state index in [0.29, 0.717) is 17.6 Å². The topological polar surface area (TPSA) is 30.7 Å². The van der Waals surface area contributed by atoms with Gasteiger partial charge in [0, 0.05) is 0 Å². The number of aryl methyl sites for hydroxylation is 1. The average molecular weight is 509 g/mol. The van der Waals surface area contributed by atoms with Crippen LogP contribution in [0.1, 0.15) is 84.0 Å². The summed E-state index contributed by atoms with van der Waals surface area (Å²) in [5, 5.41) is 8.57. The fourth-order valence-electron chi connectivity index (χ4n) is 3.24. The first-order valence-corrected chi connectivity index (χ1v) is 11.7. The highest BCUT2D eigenvalue weighted by Crippen LogP contribution is 2.33. The van der Waals surface area contributed by atoms with E-state index in [1.54, 1.807) is 0 Å². The van der Waals surface area contributed by atoms with Crippen LogP contribution in [0.4, 0.5) is 8.78 Å². The maximum absolute atomic E-state index is 13.8. The van der Waals surface area contributed by atoms with Crippen molar-refractivity contribution in [3.8, 4) is 0 Å². The molecule has 7 heteroatoms. The van der Waals surface area contributed by atoms with E-state index >= 15 is 0 Å². The van der Waals surface area contributed by atoms with Gasteiger partial charge in [-0.15, -0.1) is 0 Å². The van der Waals surface area contributed by atoms with Crippen LogP contribution in [0.15, 0.2) is 8.95 Å². The Balaban J connectivity index is 1.62. The minimum atomic E-state index is -0.938. The summed E-state index contributed by atoms with van der Waals surface area (Å²) in [5.41, 5.74) is 0.694. The molecule has 0 aliphatic carbocycles. The SMILES string of the molecule is CCCCCCCCCCCCCCn1nc2c(Br)c(F)c(F)c(Br)c2n1. The van der Waals surface area contributed by atoms with Crippen molar-refractivity contribution in [1.82, 2.24) is 15.0 Å². The normalized spacial score (nSPS) is 11.6. The Bertz CT molecular complexity index is 674. The first-order valence-electron chi connectivity index (χ1n) is 10.1. The summed E-state index contributed by atoms with van der Waals surface area (Å²) in [6.45, 7) is 2.91. The number of rotatable bonds is 13. The molecular weight excluding hydrogens is 480 g/mol. The molecule has 2 rings (SSSR count). The second kappa shape index (κ2) is 12.1. The van der Waals surface area contributed by atoms with Gasteiger partial charge in [-0.25, -0.2) is 8.78 Å². The number of aromatic nitrogens is 3. The average Bonchev–Trinajstić information content (AvgIpc) is 3.10. The summed E-state index contributed by atoms with van der Waals surface area (Å²) in [7, 11) is 0. The molecule has 0 bridgehead atoms. The van der Waals surface area contributed by atoms with Gasteiger partial charge in [-0.3, -0.25) is 0 Å². The van der Waals surface area contributed by atoms with Crippen molar-refractivity contribution in [3.63, 3.8) is 0 Å². The number of unbranched alkanes of at least 4 members (excludes halogenated alkanes) is 11. The maximum atomic E-state index is 13.8. The molecule has 0 saturated carbocycles. The van der Waals surface area contributed by atoms with Crippen LogP contribution in [0, 0.1) is 11.6 Å². The molecule has 27 heavy (non-hydrogen) atoms. The zero-order chi connectivity index (χ0) is 19.6. The summed E-state index contributed by atoms with van der Waals surface area (Å²) in [6.07, 6.45) is 15.5. The van der Waals surface area contributed by atoms with Crippen LogP contribution in [0.25, 0.3) is 11.0 Å². The number of hydrogen-bond acceptors (Lipinski definition) is 2. The molecule has 0 unspecified atom stereocenters. The minimum absolute atomic E-state index is 0.0270. The molecule has 0 N–H and O–H groups in total. The van der Waals surface area contributed by atoms with E-state index in [-0.39, 0.29) is 8.95 Å². The molecule has 0 spiro atoms. The third kappa shape index (κ3) is 6.77. The van der Waals surface area contributed by atoms with Gasteiger partial charge in [-0.2, -0.15) is 15.0 Å². The van der Waals surface area contributed by atoms with Crippen LogP contribution in [0.2, 0.25) is 0 Å². The highest BCUT2D eigenvalue weighted by Gasteiger charge is 2.20.